The second kappa shape index (κ2) is 7.87. The molecule has 2 heterocycles. The van der Waals surface area contributed by atoms with E-state index in [1.165, 1.54) is 43.6 Å². The van der Waals surface area contributed by atoms with Crippen molar-refractivity contribution in [3.05, 3.63) is 60.4 Å². The summed E-state index contributed by atoms with van der Waals surface area (Å²) in [5.74, 6) is 0.612. The second-order valence-electron chi connectivity index (χ2n) is 8.14. The lowest BCUT2D eigenvalue weighted by Gasteiger charge is -2.24. The Balaban J connectivity index is 1.31. The van der Waals surface area contributed by atoms with Gasteiger partial charge in [0.2, 0.25) is 5.95 Å². The second-order valence-corrected chi connectivity index (χ2v) is 8.14. The Labute approximate surface area is 172 Å². The van der Waals surface area contributed by atoms with Crippen molar-refractivity contribution in [2.24, 2.45) is 0 Å². The largest absolute Gasteiger partial charge is 0.370 e. The molecular weight excluding hydrogens is 360 g/mol. The molecule has 3 aromatic rings. The van der Waals surface area contributed by atoms with Crippen LogP contribution < -0.4 is 10.2 Å². The summed E-state index contributed by atoms with van der Waals surface area (Å²) >= 11 is 0. The minimum absolute atomic E-state index is 0.612. The van der Waals surface area contributed by atoms with Crippen LogP contribution in [0.2, 0.25) is 0 Å². The third-order valence-electron chi connectivity index (χ3n) is 5.79. The van der Waals surface area contributed by atoms with Gasteiger partial charge in [0, 0.05) is 43.6 Å². The van der Waals surface area contributed by atoms with Gasteiger partial charge in [0.25, 0.3) is 0 Å². The lowest BCUT2D eigenvalue weighted by Crippen LogP contribution is -2.32. The number of nitrogens with one attached hydrogen (secondary N) is 1. The molecule has 0 unspecified atom stereocenters. The van der Waals surface area contributed by atoms with E-state index in [9.17, 15) is 0 Å². The van der Waals surface area contributed by atoms with Crippen molar-refractivity contribution in [2.75, 3.05) is 36.4 Å². The summed E-state index contributed by atoms with van der Waals surface area (Å²) < 4.78 is 1.79. The van der Waals surface area contributed by atoms with E-state index in [1.54, 1.807) is 11.0 Å². The van der Waals surface area contributed by atoms with E-state index < -0.39 is 0 Å². The quantitative estimate of drug-likeness (QED) is 0.716. The lowest BCUT2D eigenvalue weighted by molar-refractivity contribution is 0.283. The number of nitrogens with zero attached hydrogens (tertiary/aromatic N) is 5. The van der Waals surface area contributed by atoms with E-state index in [2.05, 4.69) is 50.3 Å². The molecule has 150 valence electrons. The first-order chi connectivity index (χ1) is 14.2. The molecule has 6 nitrogen and oxygen atoms in total. The molecule has 0 atom stereocenters. The maximum Gasteiger partial charge on any atom is 0.246 e. The third kappa shape index (κ3) is 4.27. The van der Waals surface area contributed by atoms with Crippen LogP contribution in [0, 0.1) is 6.92 Å². The van der Waals surface area contributed by atoms with Crippen LogP contribution in [-0.4, -0.2) is 51.9 Å². The normalized spacial score (nSPS) is 17.9. The van der Waals surface area contributed by atoms with E-state index in [0.29, 0.717) is 5.95 Å². The van der Waals surface area contributed by atoms with E-state index in [0.717, 1.165) is 30.5 Å². The SMILES string of the molecule is Cc1cc(Nc2ncn(-c3ccccc3)n2)cc(N2CCCN(C3CC3)CC2)c1. The van der Waals surface area contributed by atoms with Gasteiger partial charge < -0.3 is 10.2 Å². The van der Waals surface area contributed by atoms with Gasteiger partial charge in [-0.3, -0.25) is 4.90 Å². The molecule has 2 aromatic carbocycles. The zero-order valence-electron chi connectivity index (χ0n) is 17.0. The molecule has 5 rings (SSSR count). The average Bonchev–Trinajstić information content (AvgIpc) is 3.51. The standard InChI is InChI=1S/C23H28N6/c1-18-14-19(25-23-24-17-29(26-23)21-6-3-2-4-7-21)16-22(15-18)28-11-5-10-27(12-13-28)20-8-9-20/h2-4,6-7,14-17,20H,5,8-13H2,1H3,(H,25,26). The summed E-state index contributed by atoms with van der Waals surface area (Å²) in [6, 6.07) is 17.6. The monoisotopic (exact) mass is 388 g/mol. The van der Waals surface area contributed by atoms with Crippen LogP contribution in [0.3, 0.4) is 0 Å². The van der Waals surface area contributed by atoms with E-state index >= 15 is 0 Å². The topological polar surface area (TPSA) is 49.2 Å². The number of hydrogen-bond acceptors (Lipinski definition) is 5. The van der Waals surface area contributed by atoms with Gasteiger partial charge in [0.1, 0.15) is 6.33 Å². The smallest absolute Gasteiger partial charge is 0.246 e. The Kier molecular flexibility index (Phi) is 4.94. The van der Waals surface area contributed by atoms with E-state index in [1.807, 2.05) is 30.3 Å². The Morgan fingerprint density at radius 2 is 1.79 bits per heavy atom. The maximum atomic E-state index is 4.57. The first-order valence-electron chi connectivity index (χ1n) is 10.6. The first kappa shape index (κ1) is 18.2. The molecule has 0 bridgehead atoms. The third-order valence-corrected chi connectivity index (χ3v) is 5.79. The van der Waals surface area contributed by atoms with Crippen molar-refractivity contribution in [3.63, 3.8) is 0 Å². The Hall–Kier alpha value is -2.86. The van der Waals surface area contributed by atoms with Gasteiger partial charge in [-0.1, -0.05) is 18.2 Å². The zero-order valence-corrected chi connectivity index (χ0v) is 17.0. The molecule has 0 spiro atoms. The number of anilines is 3. The highest BCUT2D eigenvalue weighted by molar-refractivity contribution is 5.64. The molecule has 1 saturated heterocycles. The summed E-state index contributed by atoms with van der Waals surface area (Å²) in [6.07, 6.45) is 5.76. The van der Waals surface area contributed by atoms with Crippen molar-refractivity contribution < 1.29 is 0 Å². The molecule has 2 aliphatic rings. The van der Waals surface area contributed by atoms with Crippen LogP contribution in [0.15, 0.2) is 54.9 Å². The number of hydrogen-bond donors (Lipinski definition) is 1. The van der Waals surface area contributed by atoms with Crippen LogP contribution in [0.1, 0.15) is 24.8 Å². The minimum Gasteiger partial charge on any atom is -0.370 e. The first-order valence-corrected chi connectivity index (χ1v) is 10.6. The molecule has 0 radical (unpaired) electrons. The highest BCUT2D eigenvalue weighted by atomic mass is 15.4. The fraction of sp³-hybridized carbons (Fsp3) is 0.391. The van der Waals surface area contributed by atoms with Crippen molar-refractivity contribution in [2.45, 2.75) is 32.2 Å². The summed E-state index contributed by atoms with van der Waals surface area (Å²) in [6.45, 7) is 6.77. The summed E-state index contributed by atoms with van der Waals surface area (Å²) in [7, 11) is 0. The molecule has 0 amide bonds. The highest BCUT2D eigenvalue weighted by Crippen LogP contribution is 2.29. The van der Waals surface area contributed by atoms with E-state index in [4.69, 9.17) is 0 Å². The van der Waals surface area contributed by atoms with Gasteiger partial charge in [-0.2, -0.15) is 4.98 Å². The Morgan fingerprint density at radius 3 is 2.62 bits per heavy atom. The summed E-state index contributed by atoms with van der Waals surface area (Å²) in [5, 5.41) is 7.96. The van der Waals surface area contributed by atoms with Crippen molar-refractivity contribution in [3.8, 4) is 5.69 Å². The van der Waals surface area contributed by atoms with Crippen LogP contribution in [-0.2, 0) is 0 Å². The van der Waals surface area contributed by atoms with Crippen molar-refractivity contribution in [1.29, 1.82) is 0 Å². The number of aryl methyl sites for hydroxylation is 1. The van der Waals surface area contributed by atoms with E-state index in [-0.39, 0.29) is 0 Å². The summed E-state index contributed by atoms with van der Waals surface area (Å²) in [4.78, 5) is 9.63. The van der Waals surface area contributed by atoms with Crippen LogP contribution in [0.25, 0.3) is 5.69 Å². The summed E-state index contributed by atoms with van der Waals surface area (Å²) in [5.41, 5.74) is 4.57. The number of benzene rings is 2. The average molecular weight is 389 g/mol. The van der Waals surface area contributed by atoms with Gasteiger partial charge in [-0.05, 0) is 62.1 Å². The minimum atomic E-state index is 0.612. The van der Waals surface area contributed by atoms with Crippen molar-refractivity contribution >= 4 is 17.3 Å². The molecule has 1 aliphatic heterocycles. The predicted molar refractivity (Wildman–Crippen MR) is 117 cm³/mol. The number of para-hydroxylation sites is 1. The Morgan fingerprint density at radius 1 is 0.931 bits per heavy atom. The molecule has 1 aliphatic carbocycles. The fourth-order valence-corrected chi connectivity index (χ4v) is 4.17. The molecule has 1 aromatic heterocycles. The number of aromatic nitrogens is 3. The van der Waals surface area contributed by atoms with Crippen LogP contribution in [0.4, 0.5) is 17.3 Å². The highest BCUT2D eigenvalue weighted by Gasteiger charge is 2.30. The molecule has 6 heteroatoms. The van der Waals surface area contributed by atoms with Crippen LogP contribution in [0.5, 0.6) is 0 Å². The number of rotatable bonds is 5. The van der Waals surface area contributed by atoms with Crippen LogP contribution >= 0.6 is 0 Å². The molecule has 2 fully saturated rings. The fourth-order valence-electron chi connectivity index (χ4n) is 4.17. The molecule has 1 saturated carbocycles. The van der Waals surface area contributed by atoms with Gasteiger partial charge in [0.05, 0.1) is 5.69 Å². The van der Waals surface area contributed by atoms with Gasteiger partial charge in [-0.15, -0.1) is 5.10 Å². The Bertz CT molecular complexity index is 963. The predicted octanol–water partition coefficient (Wildman–Crippen LogP) is 3.99. The van der Waals surface area contributed by atoms with Crippen molar-refractivity contribution in [1.82, 2.24) is 19.7 Å². The lowest BCUT2D eigenvalue weighted by atomic mass is 10.1. The molecular formula is C23H28N6. The van der Waals surface area contributed by atoms with Gasteiger partial charge >= 0.3 is 0 Å². The molecule has 1 N–H and O–H groups in total. The van der Waals surface area contributed by atoms with Gasteiger partial charge in [0.15, 0.2) is 0 Å². The molecule has 29 heavy (non-hydrogen) atoms. The zero-order chi connectivity index (χ0) is 19.6. The maximum absolute atomic E-state index is 4.57. The van der Waals surface area contributed by atoms with Gasteiger partial charge in [-0.25, -0.2) is 4.68 Å².